The Kier molecular flexibility index (Phi) is 6.21. The first-order valence-electron chi connectivity index (χ1n) is 7.56. The minimum atomic E-state index is -0.395. The van der Waals surface area contributed by atoms with Gasteiger partial charge in [0.25, 0.3) is 5.91 Å². The van der Waals surface area contributed by atoms with Gasteiger partial charge >= 0.3 is 5.97 Å². The smallest absolute Gasteiger partial charge is 0.338 e. The first-order chi connectivity index (χ1) is 11.5. The molecule has 0 heterocycles. The van der Waals surface area contributed by atoms with Crippen LogP contribution >= 0.6 is 11.6 Å². The molecule has 0 saturated heterocycles. The zero-order valence-electron chi connectivity index (χ0n) is 13.5. The highest BCUT2D eigenvalue weighted by Crippen LogP contribution is 2.25. The Labute approximate surface area is 145 Å². The summed E-state index contributed by atoms with van der Waals surface area (Å²) in [4.78, 5) is 23.8. The molecule has 0 aliphatic carbocycles. The molecule has 2 aromatic carbocycles. The second-order valence-electron chi connectivity index (χ2n) is 4.83. The second-order valence-corrected chi connectivity index (χ2v) is 5.24. The number of anilines is 1. The number of hydrogen-bond donors (Lipinski definition) is 1. The fourth-order valence-corrected chi connectivity index (χ4v) is 2.26. The first kappa shape index (κ1) is 17.8. The maximum absolute atomic E-state index is 12.3. The van der Waals surface area contributed by atoms with Crippen LogP contribution < -0.4 is 10.1 Å². The zero-order valence-corrected chi connectivity index (χ0v) is 14.2. The average Bonchev–Trinajstić information content (AvgIpc) is 2.57. The van der Waals surface area contributed by atoms with Crippen LogP contribution in [0.2, 0.25) is 5.02 Å². The molecule has 0 aliphatic rings. The van der Waals surface area contributed by atoms with Crippen LogP contribution in [0.5, 0.6) is 5.75 Å². The van der Waals surface area contributed by atoms with E-state index in [1.165, 1.54) is 0 Å². The van der Waals surface area contributed by atoms with E-state index in [-0.39, 0.29) is 5.91 Å². The topological polar surface area (TPSA) is 64.6 Å². The van der Waals surface area contributed by atoms with Crippen LogP contribution in [0.25, 0.3) is 0 Å². The van der Waals surface area contributed by atoms with E-state index >= 15 is 0 Å². The van der Waals surface area contributed by atoms with Gasteiger partial charge in [-0.15, -0.1) is 0 Å². The fraction of sp³-hybridized carbons (Fsp3) is 0.222. The predicted molar refractivity (Wildman–Crippen MR) is 93.0 cm³/mol. The summed E-state index contributed by atoms with van der Waals surface area (Å²) in [7, 11) is 0. The van der Waals surface area contributed by atoms with Gasteiger partial charge in [0.15, 0.2) is 0 Å². The van der Waals surface area contributed by atoms with Crippen molar-refractivity contribution >= 4 is 29.2 Å². The highest BCUT2D eigenvalue weighted by Gasteiger charge is 2.11. The van der Waals surface area contributed by atoms with E-state index in [4.69, 9.17) is 21.1 Å². The molecule has 2 aromatic rings. The Morgan fingerprint density at radius 1 is 1.00 bits per heavy atom. The van der Waals surface area contributed by atoms with E-state index in [0.717, 1.165) is 0 Å². The normalized spacial score (nSPS) is 10.1. The molecule has 0 radical (unpaired) electrons. The van der Waals surface area contributed by atoms with Crippen LogP contribution in [0.1, 0.15) is 34.6 Å². The lowest BCUT2D eigenvalue weighted by Crippen LogP contribution is -2.12. The number of hydrogen-bond acceptors (Lipinski definition) is 4. The van der Waals surface area contributed by atoms with Gasteiger partial charge in [-0.1, -0.05) is 11.6 Å². The third kappa shape index (κ3) is 4.49. The fourth-order valence-electron chi connectivity index (χ4n) is 2.02. The number of carbonyl (C=O) groups is 2. The molecule has 1 amide bonds. The Morgan fingerprint density at radius 2 is 1.67 bits per heavy atom. The third-order valence-electron chi connectivity index (χ3n) is 3.15. The van der Waals surface area contributed by atoms with Gasteiger partial charge < -0.3 is 14.8 Å². The van der Waals surface area contributed by atoms with E-state index in [1.807, 2.05) is 6.92 Å². The number of esters is 1. The van der Waals surface area contributed by atoms with Crippen molar-refractivity contribution in [3.05, 3.63) is 58.6 Å². The van der Waals surface area contributed by atoms with Gasteiger partial charge in [0, 0.05) is 11.3 Å². The second kappa shape index (κ2) is 8.36. The summed E-state index contributed by atoms with van der Waals surface area (Å²) >= 11 is 6.08. The van der Waals surface area contributed by atoms with Gasteiger partial charge in [0.2, 0.25) is 0 Å². The maximum Gasteiger partial charge on any atom is 0.338 e. The molecule has 0 fully saturated rings. The van der Waals surface area contributed by atoms with Crippen molar-refractivity contribution in [2.75, 3.05) is 18.5 Å². The number of nitrogens with one attached hydrogen (secondary N) is 1. The van der Waals surface area contributed by atoms with Gasteiger partial charge in [-0.25, -0.2) is 4.79 Å². The van der Waals surface area contributed by atoms with Gasteiger partial charge in [-0.2, -0.15) is 0 Å². The Hall–Kier alpha value is -2.53. The summed E-state index contributed by atoms with van der Waals surface area (Å²) in [5, 5.41) is 3.12. The van der Waals surface area contributed by atoms with E-state index in [2.05, 4.69) is 5.32 Å². The summed E-state index contributed by atoms with van der Waals surface area (Å²) in [6.07, 6.45) is 0. The van der Waals surface area contributed by atoms with Crippen LogP contribution in [-0.4, -0.2) is 25.1 Å². The van der Waals surface area contributed by atoms with Gasteiger partial charge in [-0.3, -0.25) is 4.79 Å². The first-order valence-corrected chi connectivity index (χ1v) is 7.93. The lowest BCUT2D eigenvalue weighted by molar-refractivity contribution is 0.0526. The minimum absolute atomic E-state index is 0.302. The van der Waals surface area contributed by atoms with Crippen LogP contribution in [0, 0.1) is 0 Å². The molecule has 1 N–H and O–H groups in total. The molecule has 0 aromatic heterocycles. The molecule has 0 aliphatic heterocycles. The number of amides is 1. The van der Waals surface area contributed by atoms with Crippen LogP contribution in [0.3, 0.4) is 0 Å². The lowest BCUT2D eigenvalue weighted by atomic mass is 10.1. The minimum Gasteiger partial charge on any atom is -0.492 e. The highest BCUT2D eigenvalue weighted by molar-refractivity contribution is 6.32. The van der Waals surface area contributed by atoms with Crippen LogP contribution in [0.4, 0.5) is 5.69 Å². The van der Waals surface area contributed by atoms with Crippen LogP contribution in [-0.2, 0) is 4.74 Å². The molecule has 24 heavy (non-hydrogen) atoms. The predicted octanol–water partition coefficient (Wildman–Crippen LogP) is 4.17. The average molecular weight is 348 g/mol. The molecular weight excluding hydrogens is 330 g/mol. The van der Waals surface area contributed by atoms with Gasteiger partial charge in [0.1, 0.15) is 5.75 Å². The number of benzene rings is 2. The molecule has 0 atom stereocenters. The van der Waals surface area contributed by atoms with Crippen molar-refractivity contribution in [1.29, 1.82) is 0 Å². The molecule has 5 nitrogen and oxygen atoms in total. The van der Waals surface area contributed by atoms with Crippen molar-refractivity contribution in [2.24, 2.45) is 0 Å². The summed E-state index contributed by atoms with van der Waals surface area (Å²) in [6.45, 7) is 4.42. The van der Waals surface area contributed by atoms with Crippen molar-refractivity contribution in [1.82, 2.24) is 0 Å². The molecule has 0 unspecified atom stereocenters. The monoisotopic (exact) mass is 347 g/mol. The number of carbonyl (C=O) groups excluding carboxylic acids is 2. The maximum atomic E-state index is 12.3. The van der Waals surface area contributed by atoms with Crippen molar-refractivity contribution < 1.29 is 19.1 Å². The van der Waals surface area contributed by atoms with Crippen molar-refractivity contribution in [3.63, 3.8) is 0 Å². The number of rotatable bonds is 6. The van der Waals surface area contributed by atoms with Crippen molar-refractivity contribution in [3.8, 4) is 5.75 Å². The quantitative estimate of drug-likeness (QED) is 0.796. The third-order valence-corrected chi connectivity index (χ3v) is 3.44. The lowest BCUT2D eigenvalue weighted by Gasteiger charge is -2.09. The molecule has 0 bridgehead atoms. The largest absolute Gasteiger partial charge is 0.492 e. The summed E-state index contributed by atoms with van der Waals surface area (Å²) < 4.78 is 10.2. The number of ether oxygens (including phenoxy) is 2. The SMILES string of the molecule is CCOC(=O)c1ccc(NC(=O)c2ccc(OCC)c(Cl)c2)cc1. The molecule has 0 saturated carbocycles. The van der Waals surface area contributed by atoms with E-state index in [1.54, 1.807) is 49.4 Å². The van der Waals surface area contributed by atoms with Gasteiger partial charge in [0.05, 0.1) is 23.8 Å². The molecule has 6 heteroatoms. The van der Waals surface area contributed by atoms with E-state index in [0.29, 0.717) is 40.8 Å². The Morgan fingerprint density at radius 3 is 2.25 bits per heavy atom. The summed E-state index contributed by atoms with van der Waals surface area (Å²) in [5.74, 6) is -0.160. The molecule has 126 valence electrons. The molecule has 0 spiro atoms. The highest BCUT2D eigenvalue weighted by atomic mass is 35.5. The summed E-state index contributed by atoms with van der Waals surface area (Å²) in [5.41, 5.74) is 1.41. The van der Waals surface area contributed by atoms with E-state index in [9.17, 15) is 9.59 Å². The molecule has 2 rings (SSSR count). The van der Waals surface area contributed by atoms with Gasteiger partial charge in [-0.05, 0) is 56.3 Å². The van der Waals surface area contributed by atoms with Crippen molar-refractivity contribution in [2.45, 2.75) is 13.8 Å². The Bertz CT molecular complexity index is 728. The summed E-state index contributed by atoms with van der Waals surface area (Å²) in [6, 6.07) is 11.3. The Balaban J connectivity index is 2.06. The standard InChI is InChI=1S/C18H18ClNO4/c1-3-23-16-10-7-13(11-15(16)19)17(21)20-14-8-5-12(6-9-14)18(22)24-4-2/h5-11H,3-4H2,1-2H3,(H,20,21). The zero-order chi connectivity index (χ0) is 17.5. The number of halogens is 1. The van der Waals surface area contributed by atoms with Crippen LogP contribution in [0.15, 0.2) is 42.5 Å². The molecular formula is C18H18ClNO4. The van der Waals surface area contributed by atoms with E-state index < -0.39 is 5.97 Å².